The van der Waals surface area contributed by atoms with Crippen molar-refractivity contribution in [2.45, 2.75) is 6.54 Å². The highest BCUT2D eigenvalue weighted by atomic mass is 19.1. The number of nitrogens with one attached hydrogen (secondary N) is 1. The van der Waals surface area contributed by atoms with Crippen LogP contribution in [0.5, 0.6) is 0 Å². The van der Waals surface area contributed by atoms with E-state index < -0.39 is 12.0 Å². The van der Waals surface area contributed by atoms with Crippen molar-refractivity contribution in [3.63, 3.8) is 0 Å². The van der Waals surface area contributed by atoms with E-state index in [-0.39, 0.29) is 6.54 Å². The number of halogens is 1. The Labute approximate surface area is 68.1 Å². The van der Waals surface area contributed by atoms with Gasteiger partial charge in [0.1, 0.15) is 0 Å². The Morgan fingerprint density at radius 3 is 3.08 bits per heavy atom. The van der Waals surface area contributed by atoms with Crippen LogP contribution in [-0.4, -0.2) is 16.2 Å². The number of carboxylic acid groups (broad SMARTS) is 1. The van der Waals surface area contributed by atoms with Gasteiger partial charge >= 0.3 is 6.09 Å². The fourth-order valence-electron chi connectivity index (χ4n) is 0.730. The lowest BCUT2D eigenvalue weighted by molar-refractivity contribution is 0.194. The molecule has 0 bridgehead atoms. The van der Waals surface area contributed by atoms with Gasteiger partial charge in [0.25, 0.3) is 0 Å². The van der Waals surface area contributed by atoms with Gasteiger partial charge in [-0.05, 0) is 17.7 Å². The van der Waals surface area contributed by atoms with E-state index in [0.29, 0.717) is 5.56 Å². The van der Waals surface area contributed by atoms with E-state index in [2.05, 4.69) is 10.3 Å². The molecule has 64 valence electrons. The van der Waals surface area contributed by atoms with Crippen LogP contribution in [0.1, 0.15) is 5.56 Å². The van der Waals surface area contributed by atoms with Crippen molar-refractivity contribution < 1.29 is 14.3 Å². The van der Waals surface area contributed by atoms with Crippen molar-refractivity contribution in [2.24, 2.45) is 0 Å². The SMILES string of the molecule is O=C(O)NCc1ccnc(F)c1. The average molecular weight is 170 g/mol. The summed E-state index contributed by atoms with van der Waals surface area (Å²) in [5, 5.41) is 10.3. The minimum atomic E-state index is -1.13. The second kappa shape index (κ2) is 3.66. The molecule has 0 spiro atoms. The molecule has 12 heavy (non-hydrogen) atoms. The van der Waals surface area contributed by atoms with Crippen molar-refractivity contribution in [2.75, 3.05) is 0 Å². The van der Waals surface area contributed by atoms with E-state index in [1.54, 1.807) is 6.07 Å². The highest BCUT2D eigenvalue weighted by Crippen LogP contribution is 1.98. The summed E-state index contributed by atoms with van der Waals surface area (Å²) in [5.74, 6) is -0.611. The summed E-state index contributed by atoms with van der Waals surface area (Å²) < 4.78 is 12.4. The fraction of sp³-hybridized carbons (Fsp3) is 0.143. The molecule has 0 fully saturated rings. The summed E-state index contributed by atoms with van der Waals surface area (Å²) in [6, 6.07) is 2.72. The molecule has 0 saturated carbocycles. The second-order valence-electron chi connectivity index (χ2n) is 2.15. The molecule has 0 aliphatic rings. The molecule has 0 aliphatic carbocycles. The maximum atomic E-state index is 12.4. The van der Waals surface area contributed by atoms with Crippen molar-refractivity contribution in [3.8, 4) is 0 Å². The van der Waals surface area contributed by atoms with Crippen LogP contribution in [0.4, 0.5) is 9.18 Å². The van der Waals surface area contributed by atoms with E-state index in [9.17, 15) is 9.18 Å². The van der Waals surface area contributed by atoms with Gasteiger partial charge in [-0.1, -0.05) is 0 Å². The van der Waals surface area contributed by atoms with Crippen LogP contribution in [0, 0.1) is 5.95 Å². The molecule has 2 N–H and O–H groups in total. The van der Waals surface area contributed by atoms with Gasteiger partial charge in [0, 0.05) is 12.7 Å². The molecule has 1 aromatic rings. The molecule has 1 aromatic heterocycles. The molecule has 0 saturated heterocycles. The van der Waals surface area contributed by atoms with Gasteiger partial charge in [0.15, 0.2) is 0 Å². The van der Waals surface area contributed by atoms with Gasteiger partial charge in [-0.15, -0.1) is 0 Å². The molecule has 0 radical (unpaired) electrons. The van der Waals surface area contributed by atoms with Gasteiger partial charge < -0.3 is 10.4 Å². The van der Waals surface area contributed by atoms with Gasteiger partial charge in [0.05, 0.1) is 0 Å². The monoisotopic (exact) mass is 170 g/mol. The zero-order chi connectivity index (χ0) is 8.97. The molecule has 1 amide bonds. The Kier molecular flexibility index (Phi) is 2.57. The van der Waals surface area contributed by atoms with Crippen molar-refractivity contribution in [3.05, 3.63) is 29.8 Å². The smallest absolute Gasteiger partial charge is 0.404 e. The molecule has 4 nitrogen and oxygen atoms in total. The lowest BCUT2D eigenvalue weighted by Crippen LogP contribution is -2.19. The van der Waals surface area contributed by atoms with Crippen LogP contribution in [0.2, 0.25) is 0 Å². The maximum absolute atomic E-state index is 12.4. The minimum absolute atomic E-state index is 0.0920. The Morgan fingerprint density at radius 1 is 1.75 bits per heavy atom. The van der Waals surface area contributed by atoms with Gasteiger partial charge in [-0.25, -0.2) is 9.78 Å². The summed E-state index contributed by atoms with van der Waals surface area (Å²) in [6.45, 7) is 0.0920. The zero-order valence-electron chi connectivity index (χ0n) is 6.12. The van der Waals surface area contributed by atoms with Gasteiger partial charge in [0.2, 0.25) is 5.95 Å². The number of pyridine rings is 1. The minimum Gasteiger partial charge on any atom is -0.465 e. The third-order valence-corrected chi connectivity index (χ3v) is 1.23. The van der Waals surface area contributed by atoms with Crippen molar-refractivity contribution >= 4 is 6.09 Å². The molecule has 0 aromatic carbocycles. The largest absolute Gasteiger partial charge is 0.465 e. The topological polar surface area (TPSA) is 62.2 Å². The Balaban J connectivity index is 2.57. The zero-order valence-corrected chi connectivity index (χ0v) is 6.12. The Bertz CT molecular complexity index is 290. The second-order valence-corrected chi connectivity index (χ2v) is 2.15. The van der Waals surface area contributed by atoms with Crippen LogP contribution < -0.4 is 5.32 Å². The number of nitrogens with zero attached hydrogens (tertiary/aromatic N) is 1. The Morgan fingerprint density at radius 2 is 2.50 bits per heavy atom. The number of hydrogen-bond acceptors (Lipinski definition) is 2. The lowest BCUT2D eigenvalue weighted by Gasteiger charge is -1.99. The average Bonchev–Trinajstić information content (AvgIpc) is 2.01. The molecular weight excluding hydrogens is 163 g/mol. The van der Waals surface area contributed by atoms with E-state index >= 15 is 0 Å². The first-order valence-corrected chi connectivity index (χ1v) is 3.25. The molecule has 5 heteroatoms. The summed E-state index contributed by atoms with van der Waals surface area (Å²) in [5.41, 5.74) is 0.546. The van der Waals surface area contributed by atoms with Crippen LogP contribution >= 0.6 is 0 Å². The first kappa shape index (κ1) is 8.45. The van der Waals surface area contributed by atoms with E-state index in [1.165, 1.54) is 12.3 Å². The van der Waals surface area contributed by atoms with Crippen LogP contribution in [0.3, 0.4) is 0 Å². The van der Waals surface area contributed by atoms with E-state index in [0.717, 1.165) is 0 Å². The predicted molar refractivity (Wildman–Crippen MR) is 39.1 cm³/mol. The summed E-state index contributed by atoms with van der Waals surface area (Å²) in [4.78, 5) is 13.4. The predicted octanol–water partition coefficient (Wildman–Crippen LogP) is 0.988. The summed E-state index contributed by atoms with van der Waals surface area (Å²) in [6.07, 6.45) is 0.154. The lowest BCUT2D eigenvalue weighted by atomic mass is 10.3. The fourth-order valence-corrected chi connectivity index (χ4v) is 0.730. The summed E-state index contributed by atoms with van der Waals surface area (Å²) >= 11 is 0. The van der Waals surface area contributed by atoms with Crippen molar-refractivity contribution in [1.82, 2.24) is 10.3 Å². The third-order valence-electron chi connectivity index (χ3n) is 1.23. The Hall–Kier alpha value is -1.65. The summed E-state index contributed by atoms with van der Waals surface area (Å²) in [7, 11) is 0. The van der Waals surface area contributed by atoms with Crippen LogP contribution in [0.25, 0.3) is 0 Å². The van der Waals surface area contributed by atoms with E-state index in [1.807, 2.05) is 0 Å². The maximum Gasteiger partial charge on any atom is 0.404 e. The number of carbonyl (C=O) groups is 1. The van der Waals surface area contributed by atoms with Crippen molar-refractivity contribution in [1.29, 1.82) is 0 Å². The highest BCUT2D eigenvalue weighted by Gasteiger charge is 1.97. The first-order valence-electron chi connectivity index (χ1n) is 3.25. The normalized spacial score (nSPS) is 9.42. The molecule has 0 unspecified atom stereocenters. The van der Waals surface area contributed by atoms with Crippen LogP contribution in [-0.2, 0) is 6.54 Å². The highest BCUT2D eigenvalue weighted by molar-refractivity contribution is 5.64. The quantitative estimate of drug-likeness (QED) is 0.650. The van der Waals surface area contributed by atoms with Gasteiger partial charge in [-0.2, -0.15) is 4.39 Å². The standard InChI is InChI=1S/C7H7FN2O2/c8-6-3-5(1-2-9-6)4-10-7(11)12/h1-3,10H,4H2,(H,11,12). The van der Waals surface area contributed by atoms with Crippen LogP contribution in [0.15, 0.2) is 18.3 Å². The third kappa shape index (κ3) is 2.53. The number of aromatic nitrogens is 1. The molecule has 0 atom stereocenters. The molecular formula is C7H7FN2O2. The molecule has 1 heterocycles. The number of amides is 1. The molecule has 1 rings (SSSR count). The van der Waals surface area contributed by atoms with Gasteiger partial charge in [-0.3, -0.25) is 0 Å². The van der Waals surface area contributed by atoms with E-state index in [4.69, 9.17) is 5.11 Å². The molecule has 0 aliphatic heterocycles. The number of rotatable bonds is 2. The first-order chi connectivity index (χ1) is 5.68. The number of hydrogen-bond donors (Lipinski definition) is 2.